The van der Waals surface area contributed by atoms with Crippen molar-refractivity contribution in [3.8, 4) is 5.75 Å². The Labute approximate surface area is 148 Å². The summed E-state index contributed by atoms with van der Waals surface area (Å²) in [5, 5.41) is 0. The molecule has 0 saturated carbocycles. The van der Waals surface area contributed by atoms with Crippen molar-refractivity contribution in [2.75, 3.05) is 13.1 Å². The Hall–Kier alpha value is -0.960. The average Bonchev–Trinajstić information content (AvgIpc) is 2.98. The minimum atomic E-state index is -3.39. The molecule has 2 aromatic rings. The average molecular weight is 417 g/mol. The van der Waals surface area contributed by atoms with E-state index in [0.717, 1.165) is 15.2 Å². The number of halogens is 1. The Morgan fingerprint density at radius 1 is 1.26 bits per heavy atom. The van der Waals surface area contributed by atoms with E-state index in [1.807, 2.05) is 19.1 Å². The van der Waals surface area contributed by atoms with Crippen LogP contribution in [0.1, 0.15) is 18.5 Å². The van der Waals surface area contributed by atoms with Crippen LogP contribution in [0.4, 0.5) is 0 Å². The first kappa shape index (κ1) is 16.9. The molecule has 1 aliphatic rings. The molecular formula is C15H17BrN2O3S2. The molecule has 23 heavy (non-hydrogen) atoms. The number of hydrogen-bond donors (Lipinski definition) is 0. The summed E-state index contributed by atoms with van der Waals surface area (Å²) in [6, 6.07) is 7.21. The number of thiophene rings is 1. The Morgan fingerprint density at radius 2 is 2.00 bits per heavy atom. The van der Waals surface area contributed by atoms with Gasteiger partial charge in [0.2, 0.25) is 0 Å². The molecule has 0 aliphatic carbocycles. The van der Waals surface area contributed by atoms with Crippen LogP contribution in [0.5, 0.6) is 5.75 Å². The number of aryl methyl sites for hydroxylation is 1. The molecule has 3 heterocycles. The number of nitrogens with zero attached hydrogens (tertiary/aromatic N) is 2. The van der Waals surface area contributed by atoms with Crippen LogP contribution in [-0.4, -0.2) is 36.9 Å². The molecule has 0 bridgehead atoms. The van der Waals surface area contributed by atoms with Gasteiger partial charge in [-0.25, -0.2) is 8.42 Å². The van der Waals surface area contributed by atoms with E-state index in [2.05, 4.69) is 20.9 Å². The summed E-state index contributed by atoms with van der Waals surface area (Å²) < 4.78 is 33.8. The lowest BCUT2D eigenvalue weighted by Gasteiger charge is -2.31. The highest BCUT2D eigenvalue weighted by atomic mass is 79.9. The maximum absolute atomic E-state index is 12.6. The third-order valence-corrected chi connectivity index (χ3v) is 7.72. The fourth-order valence-corrected chi connectivity index (χ4v) is 6.10. The third kappa shape index (κ3) is 3.93. The molecule has 0 atom stereocenters. The molecule has 0 spiro atoms. The van der Waals surface area contributed by atoms with Gasteiger partial charge in [-0.2, -0.15) is 4.31 Å². The van der Waals surface area contributed by atoms with Crippen LogP contribution in [0, 0.1) is 6.92 Å². The van der Waals surface area contributed by atoms with E-state index < -0.39 is 10.0 Å². The molecule has 5 nitrogen and oxygen atoms in total. The molecule has 0 N–H and O–H groups in total. The number of rotatable bonds is 4. The zero-order valence-corrected chi connectivity index (χ0v) is 15.8. The quantitative estimate of drug-likeness (QED) is 0.765. The summed E-state index contributed by atoms with van der Waals surface area (Å²) in [5.74, 6) is 0.735. The highest BCUT2D eigenvalue weighted by Gasteiger charge is 2.31. The largest absolute Gasteiger partial charge is 0.489 e. The van der Waals surface area contributed by atoms with Gasteiger partial charge in [0, 0.05) is 18.8 Å². The molecule has 124 valence electrons. The number of hydrogen-bond acceptors (Lipinski definition) is 5. The van der Waals surface area contributed by atoms with Gasteiger partial charge in [-0.05, 0) is 60.0 Å². The van der Waals surface area contributed by atoms with Crippen molar-refractivity contribution in [3.05, 3.63) is 39.9 Å². The normalized spacial score (nSPS) is 17.3. The van der Waals surface area contributed by atoms with E-state index in [1.54, 1.807) is 22.6 Å². The van der Waals surface area contributed by atoms with Gasteiger partial charge in [0.1, 0.15) is 16.1 Å². The van der Waals surface area contributed by atoms with E-state index >= 15 is 0 Å². The predicted octanol–water partition coefficient (Wildman–Crippen LogP) is 3.45. The first-order valence-corrected chi connectivity index (χ1v) is 10.3. The van der Waals surface area contributed by atoms with Crippen LogP contribution in [0.25, 0.3) is 0 Å². The molecule has 0 radical (unpaired) electrons. The van der Waals surface area contributed by atoms with Gasteiger partial charge in [0.15, 0.2) is 0 Å². The lowest BCUT2D eigenvalue weighted by atomic mass is 10.1. The molecule has 8 heteroatoms. The summed E-state index contributed by atoms with van der Waals surface area (Å²) in [5.41, 5.74) is 0.945. The van der Waals surface area contributed by atoms with Crippen LogP contribution < -0.4 is 4.74 Å². The van der Waals surface area contributed by atoms with Crippen LogP contribution in [0.15, 0.2) is 38.5 Å². The van der Waals surface area contributed by atoms with Crippen molar-refractivity contribution in [2.24, 2.45) is 0 Å². The van der Waals surface area contributed by atoms with E-state index in [0.29, 0.717) is 30.1 Å². The van der Waals surface area contributed by atoms with Crippen molar-refractivity contribution in [1.29, 1.82) is 0 Å². The first-order valence-electron chi connectivity index (χ1n) is 7.30. The second-order valence-corrected chi connectivity index (χ2v) is 10.0. The number of sulfonamides is 1. The van der Waals surface area contributed by atoms with Crippen molar-refractivity contribution < 1.29 is 13.2 Å². The minimum Gasteiger partial charge on any atom is -0.489 e. The molecule has 0 amide bonds. The van der Waals surface area contributed by atoms with Gasteiger partial charge < -0.3 is 4.74 Å². The summed E-state index contributed by atoms with van der Waals surface area (Å²) in [6.45, 7) is 2.87. The van der Waals surface area contributed by atoms with Crippen molar-refractivity contribution in [3.63, 3.8) is 0 Å². The number of pyridine rings is 1. The first-order chi connectivity index (χ1) is 10.9. The van der Waals surface area contributed by atoms with E-state index in [9.17, 15) is 8.42 Å². The SMILES string of the molecule is Cc1ccc(OC2CCN(S(=O)(=O)c3ccc(Br)s3)CC2)cn1. The third-order valence-electron chi connectivity index (χ3n) is 3.73. The van der Waals surface area contributed by atoms with Gasteiger partial charge in [0.25, 0.3) is 10.0 Å². The molecule has 2 aromatic heterocycles. The standard InChI is InChI=1S/C15H17BrN2O3S2/c1-11-2-3-13(10-17-11)21-12-6-8-18(9-7-12)23(19,20)15-5-4-14(16)22-15/h2-5,10,12H,6-9H2,1H3. The van der Waals surface area contributed by atoms with Crippen molar-refractivity contribution in [1.82, 2.24) is 9.29 Å². The van der Waals surface area contributed by atoms with Gasteiger partial charge in [0.05, 0.1) is 9.98 Å². The number of piperidine rings is 1. The zero-order chi connectivity index (χ0) is 16.4. The summed E-state index contributed by atoms with van der Waals surface area (Å²) in [6.07, 6.45) is 3.10. The Balaban J connectivity index is 1.61. The van der Waals surface area contributed by atoms with Gasteiger partial charge in [-0.3, -0.25) is 4.98 Å². The summed E-state index contributed by atoms with van der Waals surface area (Å²) in [7, 11) is -3.39. The molecule has 0 aromatic carbocycles. The molecule has 1 saturated heterocycles. The van der Waals surface area contributed by atoms with Gasteiger partial charge in [-0.1, -0.05) is 0 Å². The Kier molecular flexibility index (Phi) is 5.05. The van der Waals surface area contributed by atoms with E-state index in [1.165, 1.54) is 11.3 Å². The number of aromatic nitrogens is 1. The van der Waals surface area contributed by atoms with Gasteiger partial charge in [-0.15, -0.1) is 11.3 Å². The van der Waals surface area contributed by atoms with E-state index in [-0.39, 0.29) is 6.10 Å². The van der Waals surface area contributed by atoms with Gasteiger partial charge >= 0.3 is 0 Å². The predicted molar refractivity (Wildman–Crippen MR) is 93.4 cm³/mol. The maximum Gasteiger partial charge on any atom is 0.252 e. The summed E-state index contributed by atoms with van der Waals surface area (Å²) >= 11 is 4.55. The summed E-state index contributed by atoms with van der Waals surface area (Å²) in [4.78, 5) is 4.21. The topological polar surface area (TPSA) is 59.5 Å². The molecule has 0 unspecified atom stereocenters. The fraction of sp³-hybridized carbons (Fsp3) is 0.400. The van der Waals surface area contributed by atoms with Crippen LogP contribution >= 0.6 is 27.3 Å². The van der Waals surface area contributed by atoms with Crippen LogP contribution in [-0.2, 0) is 10.0 Å². The number of ether oxygens (including phenoxy) is 1. The Morgan fingerprint density at radius 3 is 2.57 bits per heavy atom. The lowest BCUT2D eigenvalue weighted by Crippen LogP contribution is -2.41. The molecule has 3 rings (SSSR count). The van der Waals surface area contributed by atoms with Crippen molar-refractivity contribution in [2.45, 2.75) is 30.1 Å². The fourth-order valence-electron chi connectivity index (χ4n) is 2.47. The molecule has 1 aliphatic heterocycles. The van der Waals surface area contributed by atoms with Crippen LogP contribution in [0.3, 0.4) is 0 Å². The highest BCUT2D eigenvalue weighted by molar-refractivity contribution is 9.11. The second-order valence-electron chi connectivity index (χ2n) is 5.42. The molecular weight excluding hydrogens is 400 g/mol. The molecule has 1 fully saturated rings. The minimum absolute atomic E-state index is 0.0287. The lowest BCUT2D eigenvalue weighted by molar-refractivity contribution is 0.134. The monoisotopic (exact) mass is 416 g/mol. The zero-order valence-electron chi connectivity index (χ0n) is 12.6. The van der Waals surface area contributed by atoms with E-state index in [4.69, 9.17) is 4.74 Å². The Bertz CT molecular complexity index is 766. The highest BCUT2D eigenvalue weighted by Crippen LogP contribution is 2.30. The van der Waals surface area contributed by atoms with Crippen molar-refractivity contribution >= 4 is 37.3 Å². The van der Waals surface area contributed by atoms with Crippen LogP contribution in [0.2, 0.25) is 0 Å². The second kappa shape index (κ2) is 6.88. The maximum atomic E-state index is 12.6. The smallest absolute Gasteiger partial charge is 0.252 e.